The molecule has 0 saturated heterocycles. The standard InChI is InChI=1S/C28H28BrN3O8/c1-5-39-22-12-17(6-11-21(22)40-28(35)18-7-9-20(29)10-8-18)15-31-32-25(33)16-30-27(34)19-13-23(36-2)26(38-4)24(14-19)37-3/h6-15H,5,16H2,1-4H3,(H,30,34)(H,32,33). The van der Waals surface area contributed by atoms with Gasteiger partial charge in [-0.05, 0) is 67.1 Å². The summed E-state index contributed by atoms with van der Waals surface area (Å²) < 4.78 is 27.7. The van der Waals surface area contributed by atoms with Gasteiger partial charge in [0.05, 0.1) is 46.3 Å². The van der Waals surface area contributed by atoms with Crippen molar-refractivity contribution in [2.75, 3.05) is 34.5 Å². The van der Waals surface area contributed by atoms with Gasteiger partial charge in [0.25, 0.3) is 11.8 Å². The third-order valence-electron chi connectivity index (χ3n) is 5.29. The zero-order chi connectivity index (χ0) is 29.1. The lowest BCUT2D eigenvalue weighted by atomic mass is 10.1. The number of ether oxygens (including phenoxy) is 5. The minimum absolute atomic E-state index is 0.218. The van der Waals surface area contributed by atoms with Gasteiger partial charge in [-0.25, -0.2) is 10.2 Å². The maximum absolute atomic E-state index is 12.6. The lowest BCUT2D eigenvalue weighted by Crippen LogP contribution is -2.34. The molecule has 40 heavy (non-hydrogen) atoms. The Morgan fingerprint density at radius 3 is 2.12 bits per heavy atom. The second-order valence-corrected chi connectivity index (χ2v) is 8.84. The molecule has 11 nitrogen and oxygen atoms in total. The number of amides is 2. The summed E-state index contributed by atoms with van der Waals surface area (Å²) in [6.45, 7) is 1.81. The van der Waals surface area contributed by atoms with Crippen LogP contribution in [0.3, 0.4) is 0 Å². The molecule has 12 heteroatoms. The van der Waals surface area contributed by atoms with Gasteiger partial charge in [-0.3, -0.25) is 9.59 Å². The van der Waals surface area contributed by atoms with Gasteiger partial charge < -0.3 is 29.0 Å². The van der Waals surface area contributed by atoms with Gasteiger partial charge in [0.2, 0.25) is 5.75 Å². The average Bonchev–Trinajstić information content (AvgIpc) is 2.96. The molecule has 2 N–H and O–H groups in total. The average molecular weight is 614 g/mol. The number of carbonyl (C=O) groups is 3. The molecular formula is C28H28BrN3O8. The van der Waals surface area contributed by atoms with Crippen molar-refractivity contribution < 1.29 is 38.1 Å². The van der Waals surface area contributed by atoms with E-state index >= 15 is 0 Å². The van der Waals surface area contributed by atoms with Gasteiger partial charge in [0.15, 0.2) is 23.0 Å². The molecule has 0 spiro atoms. The van der Waals surface area contributed by atoms with Crippen LogP contribution in [0.2, 0.25) is 0 Å². The summed E-state index contributed by atoms with van der Waals surface area (Å²) in [5.41, 5.74) is 3.52. The van der Waals surface area contributed by atoms with Gasteiger partial charge in [0, 0.05) is 10.0 Å². The van der Waals surface area contributed by atoms with Crippen LogP contribution in [0.15, 0.2) is 64.2 Å². The summed E-state index contributed by atoms with van der Waals surface area (Å²) in [7, 11) is 4.33. The van der Waals surface area contributed by atoms with Crippen molar-refractivity contribution in [2.24, 2.45) is 5.10 Å². The molecule has 3 rings (SSSR count). The molecule has 0 saturated carbocycles. The number of nitrogens with one attached hydrogen (secondary N) is 2. The maximum atomic E-state index is 12.6. The summed E-state index contributed by atoms with van der Waals surface area (Å²) >= 11 is 3.33. The molecule has 2 amide bonds. The highest BCUT2D eigenvalue weighted by Gasteiger charge is 2.17. The highest BCUT2D eigenvalue weighted by molar-refractivity contribution is 9.10. The monoisotopic (exact) mass is 613 g/mol. The molecule has 0 atom stereocenters. The SMILES string of the molecule is CCOc1cc(C=NNC(=O)CNC(=O)c2cc(OC)c(OC)c(OC)c2)ccc1OC(=O)c1ccc(Br)cc1. The van der Waals surface area contributed by atoms with Crippen LogP contribution in [0.4, 0.5) is 0 Å². The van der Waals surface area contributed by atoms with Crippen LogP contribution in [0.25, 0.3) is 0 Å². The number of hydrazone groups is 1. The fraction of sp³-hybridized carbons (Fsp3) is 0.214. The number of methoxy groups -OCH3 is 3. The molecule has 3 aromatic carbocycles. The third-order valence-corrected chi connectivity index (χ3v) is 5.82. The van der Waals surface area contributed by atoms with Crippen LogP contribution < -0.4 is 34.4 Å². The van der Waals surface area contributed by atoms with E-state index in [1.54, 1.807) is 49.4 Å². The van der Waals surface area contributed by atoms with Crippen LogP contribution >= 0.6 is 15.9 Å². The fourth-order valence-corrected chi connectivity index (χ4v) is 3.66. The zero-order valence-corrected chi connectivity index (χ0v) is 23.9. The van der Waals surface area contributed by atoms with Crippen molar-refractivity contribution in [3.8, 4) is 28.7 Å². The summed E-state index contributed by atoms with van der Waals surface area (Å²) in [6.07, 6.45) is 1.39. The van der Waals surface area contributed by atoms with Crippen LogP contribution in [0, 0.1) is 0 Å². The van der Waals surface area contributed by atoms with Crippen LogP contribution in [-0.2, 0) is 4.79 Å². The summed E-state index contributed by atoms with van der Waals surface area (Å²) in [5.74, 6) is -0.0720. The third kappa shape index (κ3) is 7.96. The van der Waals surface area contributed by atoms with Crippen molar-refractivity contribution in [1.29, 1.82) is 0 Å². The fourth-order valence-electron chi connectivity index (χ4n) is 3.40. The maximum Gasteiger partial charge on any atom is 0.343 e. The summed E-state index contributed by atoms with van der Waals surface area (Å²) in [5, 5.41) is 6.42. The molecule has 0 bridgehead atoms. The minimum Gasteiger partial charge on any atom is -0.493 e. The van der Waals surface area contributed by atoms with Gasteiger partial charge in [-0.2, -0.15) is 5.10 Å². The molecule has 0 fully saturated rings. The van der Waals surface area contributed by atoms with Crippen molar-refractivity contribution in [1.82, 2.24) is 10.7 Å². The van der Waals surface area contributed by atoms with Crippen molar-refractivity contribution in [3.05, 3.63) is 75.8 Å². The van der Waals surface area contributed by atoms with Crippen molar-refractivity contribution in [3.63, 3.8) is 0 Å². The Bertz CT molecular complexity index is 1370. The highest BCUT2D eigenvalue weighted by Crippen LogP contribution is 2.38. The lowest BCUT2D eigenvalue weighted by molar-refractivity contribution is -0.120. The summed E-state index contributed by atoms with van der Waals surface area (Å²) in [6, 6.07) is 14.6. The molecule has 0 radical (unpaired) electrons. The Balaban J connectivity index is 1.59. The molecule has 210 valence electrons. The van der Waals surface area contributed by atoms with E-state index in [0.717, 1.165) is 4.47 Å². The number of halogens is 1. The van der Waals surface area contributed by atoms with E-state index in [2.05, 4.69) is 31.8 Å². The van der Waals surface area contributed by atoms with Crippen LogP contribution in [0.1, 0.15) is 33.2 Å². The number of carbonyl (C=O) groups excluding carboxylic acids is 3. The Morgan fingerprint density at radius 2 is 1.52 bits per heavy atom. The van der Waals surface area contributed by atoms with Gasteiger partial charge >= 0.3 is 5.97 Å². The van der Waals surface area contributed by atoms with E-state index in [1.807, 2.05) is 0 Å². The van der Waals surface area contributed by atoms with E-state index in [9.17, 15) is 14.4 Å². The molecule has 0 aliphatic heterocycles. The first-order valence-electron chi connectivity index (χ1n) is 11.9. The quantitative estimate of drug-likeness (QED) is 0.136. The van der Waals surface area contributed by atoms with E-state index in [1.165, 1.54) is 39.7 Å². The highest BCUT2D eigenvalue weighted by atomic mass is 79.9. The number of rotatable bonds is 12. The Kier molecular flexibility index (Phi) is 10.9. The number of nitrogens with zero attached hydrogens (tertiary/aromatic N) is 1. The van der Waals surface area contributed by atoms with Crippen LogP contribution in [-0.4, -0.2) is 58.5 Å². The number of hydrogen-bond donors (Lipinski definition) is 2. The van der Waals surface area contributed by atoms with E-state index < -0.39 is 17.8 Å². The molecule has 0 unspecified atom stereocenters. The predicted octanol–water partition coefficient (Wildman–Crippen LogP) is 3.97. The second kappa shape index (κ2) is 14.5. The van der Waals surface area contributed by atoms with E-state index in [4.69, 9.17) is 23.7 Å². The van der Waals surface area contributed by atoms with Crippen molar-refractivity contribution in [2.45, 2.75) is 6.92 Å². The smallest absolute Gasteiger partial charge is 0.343 e. The molecule has 0 aromatic heterocycles. The molecule has 0 aliphatic rings. The van der Waals surface area contributed by atoms with Crippen LogP contribution in [0.5, 0.6) is 28.7 Å². The minimum atomic E-state index is -0.554. The molecule has 0 aliphatic carbocycles. The second-order valence-electron chi connectivity index (χ2n) is 7.93. The normalized spacial score (nSPS) is 10.5. The first kappa shape index (κ1) is 30.0. The number of hydrogen-bond acceptors (Lipinski definition) is 9. The topological polar surface area (TPSA) is 134 Å². The Hall–Kier alpha value is -4.58. The largest absolute Gasteiger partial charge is 0.493 e. The Labute approximate surface area is 239 Å². The molecular weight excluding hydrogens is 586 g/mol. The first-order chi connectivity index (χ1) is 19.3. The molecule has 0 heterocycles. The first-order valence-corrected chi connectivity index (χ1v) is 12.7. The van der Waals surface area contributed by atoms with Gasteiger partial charge in [0.1, 0.15) is 0 Å². The lowest BCUT2D eigenvalue weighted by Gasteiger charge is -2.14. The zero-order valence-electron chi connectivity index (χ0n) is 22.3. The van der Waals surface area contributed by atoms with Gasteiger partial charge in [-0.1, -0.05) is 15.9 Å². The Morgan fingerprint density at radius 1 is 0.850 bits per heavy atom. The van der Waals surface area contributed by atoms with Crippen molar-refractivity contribution >= 4 is 39.9 Å². The molecule has 3 aromatic rings. The predicted molar refractivity (Wildman–Crippen MR) is 151 cm³/mol. The number of benzene rings is 3. The van der Waals surface area contributed by atoms with Gasteiger partial charge in [-0.15, -0.1) is 0 Å². The summed E-state index contributed by atoms with van der Waals surface area (Å²) in [4.78, 5) is 37.3. The number of esters is 1. The van der Waals surface area contributed by atoms with E-state index in [-0.39, 0.29) is 17.9 Å². The van der Waals surface area contributed by atoms with E-state index in [0.29, 0.717) is 40.7 Å².